The fourth-order valence-corrected chi connectivity index (χ4v) is 0.655. The molecule has 116 valence electrons. The van der Waals surface area contributed by atoms with E-state index in [1.807, 2.05) is 4.74 Å². The van der Waals surface area contributed by atoms with Crippen LogP contribution < -0.4 is 0 Å². The molecular weight excluding hydrogens is 316 g/mol. The maximum absolute atomic E-state index is 12.1. The molecule has 19 heavy (non-hydrogen) atoms. The molecule has 0 atom stereocenters. The summed E-state index contributed by atoms with van der Waals surface area (Å²) in [6.07, 6.45) is -41.3. The first kappa shape index (κ1) is 14.5. The van der Waals surface area contributed by atoms with Gasteiger partial charge in [-0.25, -0.2) is 0 Å². The van der Waals surface area contributed by atoms with E-state index < -0.39 is 36.9 Å². The van der Waals surface area contributed by atoms with Crippen LogP contribution >= 0.6 is 0 Å². The summed E-state index contributed by atoms with van der Waals surface area (Å²) in [5.41, 5.74) is 0. The van der Waals surface area contributed by atoms with Crippen molar-refractivity contribution in [2.75, 3.05) is 0 Å². The van der Waals surface area contributed by atoms with Gasteiger partial charge in [-0.05, 0) is 0 Å². The Balaban J connectivity index is 6.15. The van der Waals surface area contributed by atoms with Crippen molar-refractivity contribution in [3.63, 3.8) is 0 Å². The summed E-state index contributed by atoms with van der Waals surface area (Å²) in [5, 5.41) is 0. The minimum Gasteiger partial charge on any atom is -0.340 e. The van der Waals surface area contributed by atoms with Crippen LogP contribution in [-0.2, 0) is 4.74 Å². The van der Waals surface area contributed by atoms with Crippen molar-refractivity contribution in [1.82, 2.24) is 0 Å². The Morgan fingerprint density at radius 2 is 0.684 bits per heavy atom. The second kappa shape index (κ2) is 4.90. The number of alkyl halides is 12. The summed E-state index contributed by atoms with van der Waals surface area (Å²) in [7, 11) is 0. The smallest absolute Gasteiger partial charge is 0.340 e. The van der Waals surface area contributed by atoms with Crippen LogP contribution in [0.3, 0.4) is 0 Å². The van der Waals surface area contributed by atoms with E-state index in [1.165, 1.54) is 0 Å². The Morgan fingerprint density at radius 1 is 0.526 bits per heavy atom. The average molecular weight is 320 g/mol. The maximum atomic E-state index is 12.1. The Bertz CT molecular complexity index is 311. The van der Waals surface area contributed by atoms with Gasteiger partial charge in [0.1, 0.15) is 0 Å². The van der Waals surface area contributed by atoms with Gasteiger partial charge in [0.05, 0.1) is 2.74 Å². The van der Waals surface area contributed by atoms with Crippen LogP contribution in [-0.4, -0.2) is 36.9 Å². The highest BCUT2D eigenvalue weighted by Crippen LogP contribution is 2.42. The van der Waals surface area contributed by atoms with Crippen LogP contribution in [0.2, 0.25) is 0 Å². The zero-order chi connectivity index (χ0) is 17.7. The monoisotopic (exact) mass is 320 g/mol. The lowest BCUT2D eigenvalue weighted by atomic mass is 10.3. The molecule has 0 fully saturated rings. The van der Waals surface area contributed by atoms with E-state index in [0.717, 1.165) is 0 Å². The van der Waals surface area contributed by atoms with E-state index in [9.17, 15) is 52.7 Å². The minimum absolute atomic E-state index is 1.92. The minimum atomic E-state index is -7.02. The zero-order valence-electron chi connectivity index (χ0n) is 9.94. The number of rotatable bonds is 2. The van der Waals surface area contributed by atoms with Gasteiger partial charge in [-0.2, -0.15) is 52.7 Å². The molecule has 0 heterocycles. The summed E-state index contributed by atoms with van der Waals surface area (Å²) in [6, 6.07) is 0. The molecule has 0 aliphatic carbocycles. The van der Waals surface area contributed by atoms with Gasteiger partial charge < -0.3 is 4.74 Å². The van der Waals surface area contributed by atoms with Gasteiger partial charge in [-0.1, -0.05) is 0 Å². The Labute approximate surface area is 98.5 Å². The Hall–Kier alpha value is -0.880. The third-order valence-electron chi connectivity index (χ3n) is 1.23. The summed E-state index contributed by atoms with van der Waals surface area (Å²) in [4.78, 5) is 0. The molecule has 13 heteroatoms. The lowest BCUT2D eigenvalue weighted by Gasteiger charge is -2.29. The van der Waals surface area contributed by atoms with Crippen LogP contribution in [0.15, 0.2) is 0 Å². The normalized spacial score (nSPS) is 18.1. The van der Waals surface area contributed by atoms with Crippen molar-refractivity contribution < 1.29 is 60.2 Å². The van der Waals surface area contributed by atoms with Crippen molar-refractivity contribution in [2.24, 2.45) is 0 Å². The van der Waals surface area contributed by atoms with E-state index in [2.05, 4.69) is 0 Å². The predicted octanol–water partition coefficient (Wildman–Crippen LogP) is 3.99. The third kappa shape index (κ3) is 5.32. The SMILES string of the molecule is [2H]C(OC([2H])(C(F)(F)F)C(F)(F)F)(C(F)(F)F)C(F)(F)F. The molecule has 0 amide bonds. The van der Waals surface area contributed by atoms with E-state index in [0.29, 0.717) is 0 Å². The lowest BCUT2D eigenvalue weighted by molar-refractivity contribution is -0.391. The van der Waals surface area contributed by atoms with Gasteiger partial charge in [0.15, 0.2) is 0 Å². The molecule has 0 aliphatic heterocycles. The van der Waals surface area contributed by atoms with E-state index in [-0.39, 0.29) is 0 Å². The maximum Gasteiger partial charge on any atom is 0.423 e. The second-order valence-corrected chi connectivity index (χ2v) is 2.75. The largest absolute Gasteiger partial charge is 0.423 e. The fourth-order valence-electron chi connectivity index (χ4n) is 0.655. The summed E-state index contributed by atoms with van der Waals surface area (Å²) >= 11 is 0. The quantitative estimate of drug-likeness (QED) is 0.699. The average Bonchev–Trinajstić information content (AvgIpc) is 2.09. The number of hydrogen-bond acceptors (Lipinski definition) is 1. The molecule has 0 aromatic rings. The van der Waals surface area contributed by atoms with Gasteiger partial charge in [-0.15, -0.1) is 0 Å². The first-order valence-electron chi connectivity index (χ1n) is 4.68. The molecule has 0 saturated heterocycles. The van der Waals surface area contributed by atoms with E-state index >= 15 is 0 Å². The number of ether oxygens (including phenoxy) is 1. The van der Waals surface area contributed by atoms with Crippen LogP contribution in [0.25, 0.3) is 0 Å². The molecular formula is C6H2F12O. The lowest BCUT2D eigenvalue weighted by Crippen LogP contribution is -2.53. The zero-order valence-corrected chi connectivity index (χ0v) is 7.94. The van der Waals surface area contributed by atoms with Gasteiger partial charge in [0.2, 0.25) is 12.2 Å². The molecule has 0 spiro atoms. The molecule has 0 N–H and O–H groups in total. The van der Waals surface area contributed by atoms with Crippen molar-refractivity contribution in [3.05, 3.63) is 0 Å². The highest BCUT2D eigenvalue weighted by Gasteiger charge is 2.66. The molecule has 1 nitrogen and oxygen atoms in total. The van der Waals surface area contributed by atoms with Crippen LogP contribution in [0.4, 0.5) is 52.7 Å². The molecule has 0 aromatic heterocycles. The Morgan fingerprint density at radius 3 is 0.789 bits per heavy atom. The first-order chi connectivity index (χ1) is 8.71. The number of halogens is 12. The topological polar surface area (TPSA) is 9.23 Å². The summed E-state index contributed by atoms with van der Waals surface area (Å²) in [5.74, 6) is 0. The predicted molar refractivity (Wildman–Crippen MR) is 32.9 cm³/mol. The summed E-state index contributed by atoms with van der Waals surface area (Å²) < 4.78 is 158. The number of hydrogen-bond donors (Lipinski definition) is 0. The van der Waals surface area contributed by atoms with Crippen LogP contribution in [0, 0.1) is 0 Å². The second-order valence-electron chi connectivity index (χ2n) is 2.75. The molecule has 0 bridgehead atoms. The highest BCUT2D eigenvalue weighted by molar-refractivity contribution is 4.83. The van der Waals surface area contributed by atoms with Crippen LogP contribution in [0.1, 0.15) is 2.74 Å². The van der Waals surface area contributed by atoms with Gasteiger partial charge >= 0.3 is 24.7 Å². The third-order valence-corrected chi connectivity index (χ3v) is 1.23. The van der Waals surface area contributed by atoms with Gasteiger partial charge in [0.25, 0.3) is 0 Å². The van der Waals surface area contributed by atoms with Gasteiger partial charge in [-0.3, -0.25) is 0 Å². The molecule has 0 aliphatic rings. The van der Waals surface area contributed by atoms with Gasteiger partial charge in [0, 0.05) is 0 Å². The van der Waals surface area contributed by atoms with Crippen molar-refractivity contribution in [3.8, 4) is 0 Å². The standard InChI is InChI=1S/C6H2F12O/c7-3(8,9)1(4(10,11)12)19-2(5(13,14)15)6(16,17)18/h1-2H/i1D,2D. The first-order valence-corrected chi connectivity index (χ1v) is 3.68. The van der Waals surface area contributed by atoms with E-state index in [4.69, 9.17) is 2.74 Å². The molecule has 0 radical (unpaired) electrons. The van der Waals surface area contributed by atoms with Crippen LogP contribution in [0.5, 0.6) is 0 Å². The highest BCUT2D eigenvalue weighted by atomic mass is 19.4. The van der Waals surface area contributed by atoms with Crippen molar-refractivity contribution in [2.45, 2.75) is 36.9 Å². The summed E-state index contributed by atoms with van der Waals surface area (Å²) in [6.45, 7) is 0. The molecule has 0 rings (SSSR count). The van der Waals surface area contributed by atoms with Crippen molar-refractivity contribution in [1.29, 1.82) is 0 Å². The molecule has 0 unspecified atom stereocenters. The van der Waals surface area contributed by atoms with Crippen molar-refractivity contribution >= 4 is 0 Å². The fraction of sp³-hybridized carbons (Fsp3) is 1.00. The Kier molecular flexibility index (Phi) is 3.75. The van der Waals surface area contributed by atoms with E-state index in [1.54, 1.807) is 0 Å². The molecule has 0 saturated carbocycles. The molecule has 0 aromatic carbocycles.